The summed E-state index contributed by atoms with van der Waals surface area (Å²) >= 11 is 0. The molecule has 1 aliphatic rings. The minimum atomic E-state index is -0.486. The van der Waals surface area contributed by atoms with Crippen LogP contribution in [0.15, 0.2) is 90.3 Å². The van der Waals surface area contributed by atoms with Gasteiger partial charge >= 0.3 is 0 Å². The Morgan fingerprint density at radius 2 is 1.74 bits per heavy atom. The second kappa shape index (κ2) is 9.65. The molecular formula is C28H24N4O3. The number of allylic oxidation sites excluding steroid dienone is 1. The third-order valence-electron chi connectivity index (χ3n) is 5.84. The van der Waals surface area contributed by atoms with Crippen molar-refractivity contribution in [1.82, 2.24) is 10.2 Å². The summed E-state index contributed by atoms with van der Waals surface area (Å²) in [5, 5.41) is 17.4. The van der Waals surface area contributed by atoms with Crippen molar-refractivity contribution in [2.24, 2.45) is 5.73 Å². The molecule has 0 radical (unpaired) electrons. The van der Waals surface area contributed by atoms with Crippen LogP contribution >= 0.6 is 0 Å². The molecule has 1 aromatic heterocycles. The molecule has 0 saturated heterocycles. The number of hydrogen-bond acceptors (Lipinski definition) is 6. The molecule has 3 aromatic carbocycles. The molecule has 7 heteroatoms. The highest BCUT2D eigenvalue weighted by Gasteiger charge is 2.36. The first kappa shape index (κ1) is 22.1. The van der Waals surface area contributed by atoms with E-state index in [1.54, 1.807) is 0 Å². The van der Waals surface area contributed by atoms with Crippen LogP contribution in [0, 0.1) is 11.3 Å². The number of aromatic amines is 1. The fraction of sp³-hybridized carbons (Fsp3) is 0.143. The molecule has 0 amide bonds. The fourth-order valence-electron chi connectivity index (χ4n) is 4.23. The van der Waals surface area contributed by atoms with Gasteiger partial charge in [-0.3, -0.25) is 5.10 Å². The largest absolute Gasteiger partial charge is 0.490 e. The quantitative estimate of drug-likeness (QED) is 0.386. The normalized spacial score (nSPS) is 14.6. The van der Waals surface area contributed by atoms with Crippen molar-refractivity contribution in [1.29, 1.82) is 5.26 Å². The van der Waals surface area contributed by atoms with Crippen LogP contribution in [0.5, 0.6) is 17.4 Å². The minimum Gasteiger partial charge on any atom is -0.490 e. The molecule has 0 saturated carbocycles. The van der Waals surface area contributed by atoms with E-state index < -0.39 is 5.92 Å². The number of benzene rings is 3. The molecule has 0 aliphatic carbocycles. The first-order valence-corrected chi connectivity index (χ1v) is 11.3. The molecule has 0 spiro atoms. The number of H-pyrrole nitrogens is 1. The maximum absolute atomic E-state index is 10.0. The summed E-state index contributed by atoms with van der Waals surface area (Å²) in [5.41, 5.74) is 10.8. The summed E-state index contributed by atoms with van der Waals surface area (Å²) in [4.78, 5) is 0. The standard InChI is InChI=1S/C28H24N4O3/c1-2-33-23-15-20(13-14-22(23)34-17-18-9-5-3-6-10-18)24-21(16-29)27(30)35-28-25(24)26(31-32-28)19-11-7-4-8-12-19/h3-15,24H,2,17,30H2,1H3,(H,31,32)/t24-/m0/s1. The van der Waals surface area contributed by atoms with Crippen molar-refractivity contribution in [2.75, 3.05) is 6.61 Å². The zero-order valence-electron chi connectivity index (χ0n) is 19.2. The van der Waals surface area contributed by atoms with Crippen molar-refractivity contribution in [3.05, 3.63) is 107 Å². The van der Waals surface area contributed by atoms with E-state index >= 15 is 0 Å². The van der Waals surface area contributed by atoms with E-state index in [-0.39, 0.29) is 5.88 Å². The van der Waals surface area contributed by atoms with Crippen molar-refractivity contribution < 1.29 is 14.2 Å². The number of fused-ring (bicyclic) bond motifs is 1. The van der Waals surface area contributed by atoms with Crippen LogP contribution in [0.2, 0.25) is 0 Å². The lowest BCUT2D eigenvalue weighted by molar-refractivity contribution is 0.269. The molecule has 2 heterocycles. The maximum Gasteiger partial charge on any atom is 0.244 e. The molecule has 1 atom stereocenters. The van der Waals surface area contributed by atoms with Crippen LogP contribution in [-0.2, 0) is 6.61 Å². The van der Waals surface area contributed by atoms with Gasteiger partial charge in [-0.25, -0.2) is 0 Å². The average molecular weight is 465 g/mol. The summed E-state index contributed by atoms with van der Waals surface area (Å²) in [5.74, 6) is 1.12. The van der Waals surface area contributed by atoms with Gasteiger partial charge < -0.3 is 19.9 Å². The summed E-state index contributed by atoms with van der Waals surface area (Å²) in [6, 6.07) is 27.7. The Hall–Kier alpha value is -4.70. The Morgan fingerprint density at radius 1 is 1.00 bits per heavy atom. The number of nitrogens with zero attached hydrogens (tertiary/aromatic N) is 2. The summed E-state index contributed by atoms with van der Waals surface area (Å²) < 4.78 is 17.7. The van der Waals surface area contributed by atoms with Gasteiger partial charge in [0.15, 0.2) is 11.5 Å². The van der Waals surface area contributed by atoms with Gasteiger partial charge in [0.25, 0.3) is 0 Å². The van der Waals surface area contributed by atoms with E-state index in [1.807, 2.05) is 85.8 Å². The van der Waals surface area contributed by atoms with Gasteiger partial charge in [0.2, 0.25) is 11.8 Å². The van der Waals surface area contributed by atoms with E-state index in [0.717, 1.165) is 27.9 Å². The second-order valence-electron chi connectivity index (χ2n) is 8.02. The molecular weight excluding hydrogens is 440 g/mol. The molecule has 4 aromatic rings. The smallest absolute Gasteiger partial charge is 0.244 e. The molecule has 0 bridgehead atoms. The van der Waals surface area contributed by atoms with Gasteiger partial charge in [0.1, 0.15) is 18.2 Å². The number of nitriles is 1. The molecule has 0 fully saturated rings. The highest BCUT2D eigenvalue weighted by atomic mass is 16.5. The van der Waals surface area contributed by atoms with E-state index in [0.29, 0.717) is 36.2 Å². The first-order valence-electron chi connectivity index (χ1n) is 11.3. The fourth-order valence-corrected chi connectivity index (χ4v) is 4.23. The van der Waals surface area contributed by atoms with Gasteiger partial charge in [-0.1, -0.05) is 66.7 Å². The SMILES string of the molecule is CCOc1cc([C@H]2C(C#N)=C(N)Oc3n[nH]c(-c4ccccc4)c32)ccc1OCc1ccccc1. The van der Waals surface area contributed by atoms with Crippen molar-refractivity contribution in [2.45, 2.75) is 19.4 Å². The Labute approximate surface area is 203 Å². The summed E-state index contributed by atoms with van der Waals surface area (Å²) in [6.07, 6.45) is 0. The van der Waals surface area contributed by atoms with Gasteiger partial charge in [-0.15, -0.1) is 5.10 Å². The predicted octanol–water partition coefficient (Wildman–Crippen LogP) is 5.27. The van der Waals surface area contributed by atoms with E-state index in [2.05, 4.69) is 16.3 Å². The van der Waals surface area contributed by atoms with E-state index in [9.17, 15) is 5.26 Å². The third-order valence-corrected chi connectivity index (χ3v) is 5.84. The number of ether oxygens (including phenoxy) is 3. The highest BCUT2D eigenvalue weighted by Crippen LogP contribution is 2.47. The lowest BCUT2D eigenvalue weighted by Crippen LogP contribution is -2.21. The van der Waals surface area contributed by atoms with Crippen LogP contribution in [0.3, 0.4) is 0 Å². The Kier molecular flexibility index (Phi) is 6.10. The maximum atomic E-state index is 10.0. The van der Waals surface area contributed by atoms with Gasteiger partial charge in [-0.2, -0.15) is 5.26 Å². The molecule has 35 heavy (non-hydrogen) atoms. The molecule has 1 aliphatic heterocycles. The van der Waals surface area contributed by atoms with Crippen LogP contribution < -0.4 is 19.9 Å². The average Bonchev–Trinajstić information content (AvgIpc) is 3.31. The Morgan fingerprint density at radius 3 is 2.46 bits per heavy atom. The molecule has 174 valence electrons. The zero-order chi connectivity index (χ0) is 24.2. The number of aromatic nitrogens is 2. The number of hydrogen-bond donors (Lipinski definition) is 2. The summed E-state index contributed by atoms with van der Waals surface area (Å²) in [7, 11) is 0. The molecule has 3 N–H and O–H groups in total. The number of nitrogens with two attached hydrogens (primary N) is 1. The van der Waals surface area contributed by atoms with Gasteiger partial charge in [0.05, 0.1) is 23.8 Å². The molecule has 5 rings (SSSR count). The first-order chi connectivity index (χ1) is 17.2. The molecule has 7 nitrogen and oxygen atoms in total. The Bertz CT molecular complexity index is 1410. The van der Waals surface area contributed by atoms with Gasteiger partial charge in [0, 0.05) is 0 Å². The van der Waals surface area contributed by atoms with Crippen LogP contribution in [0.25, 0.3) is 11.3 Å². The zero-order valence-corrected chi connectivity index (χ0v) is 19.2. The topological polar surface area (TPSA) is 106 Å². The van der Waals surface area contributed by atoms with Crippen LogP contribution in [0.1, 0.15) is 29.5 Å². The Balaban J connectivity index is 1.57. The van der Waals surface area contributed by atoms with Crippen molar-refractivity contribution >= 4 is 0 Å². The van der Waals surface area contributed by atoms with E-state index in [1.165, 1.54) is 0 Å². The lowest BCUT2D eigenvalue weighted by atomic mass is 9.83. The predicted molar refractivity (Wildman–Crippen MR) is 132 cm³/mol. The van der Waals surface area contributed by atoms with E-state index in [4.69, 9.17) is 19.9 Å². The monoisotopic (exact) mass is 464 g/mol. The van der Waals surface area contributed by atoms with Crippen LogP contribution in [-0.4, -0.2) is 16.8 Å². The summed E-state index contributed by atoms with van der Waals surface area (Å²) in [6.45, 7) is 2.80. The highest BCUT2D eigenvalue weighted by molar-refractivity contribution is 5.71. The van der Waals surface area contributed by atoms with Crippen molar-refractivity contribution in [3.63, 3.8) is 0 Å². The lowest BCUT2D eigenvalue weighted by Gasteiger charge is -2.25. The third kappa shape index (κ3) is 4.30. The number of rotatable bonds is 7. The van der Waals surface area contributed by atoms with Crippen LogP contribution in [0.4, 0.5) is 0 Å². The number of nitrogens with one attached hydrogen (secondary N) is 1. The van der Waals surface area contributed by atoms with Crippen molar-refractivity contribution in [3.8, 4) is 34.7 Å². The van der Waals surface area contributed by atoms with Gasteiger partial charge in [-0.05, 0) is 35.7 Å². The minimum absolute atomic E-state index is 0.0403. The second-order valence-corrected chi connectivity index (χ2v) is 8.02. The molecule has 0 unspecified atom stereocenters.